The molecule has 2 aromatic heterocycles. The average molecular weight is 510 g/mol. The quantitative estimate of drug-likeness (QED) is 0.484. The van der Waals surface area contributed by atoms with E-state index >= 15 is 0 Å². The summed E-state index contributed by atoms with van der Waals surface area (Å²) in [5, 5.41) is 23.2. The Bertz CT molecular complexity index is 1310. The molecule has 2 amide bonds. The lowest BCUT2D eigenvalue weighted by Crippen LogP contribution is -2.48. The van der Waals surface area contributed by atoms with E-state index in [1.54, 1.807) is 44.3 Å². The lowest BCUT2D eigenvalue weighted by molar-refractivity contribution is -0.132. The largest absolute Gasteiger partial charge is 0.441 e. The van der Waals surface area contributed by atoms with Gasteiger partial charge >= 0.3 is 6.09 Å². The molecule has 0 saturated heterocycles. The Morgan fingerprint density at radius 1 is 1.25 bits per heavy atom. The van der Waals surface area contributed by atoms with Gasteiger partial charge in [0.15, 0.2) is 17.1 Å². The highest BCUT2D eigenvalue weighted by Gasteiger charge is 2.48. The van der Waals surface area contributed by atoms with Gasteiger partial charge in [-0.25, -0.2) is 9.48 Å². The van der Waals surface area contributed by atoms with Gasteiger partial charge in [0, 0.05) is 43.5 Å². The van der Waals surface area contributed by atoms with E-state index in [0.717, 1.165) is 0 Å². The summed E-state index contributed by atoms with van der Waals surface area (Å²) in [5.41, 5.74) is 1.05. The Kier molecular flexibility index (Phi) is 7.19. The molecule has 11 nitrogen and oxygen atoms in total. The molecule has 0 radical (unpaired) electrons. The van der Waals surface area contributed by atoms with E-state index in [0.29, 0.717) is 40.5 Å². The molecule has 1 atom stereocenters. The second kappa shape index (κ2) is 10.3. The summed E-state index contributed by atoms with van der Waals surface area (Å²) in [6.07, 6.45) is 0.884. The van der Waals surface area contributed by atoms with E-state index in [1.807, 2.05) is 6.07 Å². The van der Waals surface area contributed by atoms with Crippen molar-refractivity contribution in [3.8, 4) is 17.5 Å². The monoisotopic (exact) mass is 509 g/mol. The minimum absolute atomic E-state index is 0.204. The lowest BCUT2D eigenvalue weighted by Gasteiger charge is -2.40. The molecule has 186 valence electrons. The highest BCUT2D eigenvalue weighted by Crippen LogP contribution is 2.40. The van der Waals surface area contributed by atoms with Crippen LogP contribution in [0, 0.1) is 17.2 Å². The molecular weight excluding hydrogens is 486 g/mol. The molecule has 1 fully saturated rings. The summed E-state index contributed by atoms with van der Waals surface area (Å²) in [7, 11) is 3.09. The number of pyridine rings is 1. The van der Waals surface area contributed by atoms with Crippen LogP contribution in [-0.2, 0) is 21.3 Å². The highest BCUT2D eigenvalue weighted by atomic mass is 35.5. The van der Waals surface area contributed by atoms with Crippen LogP contribution in [0.25, 0.3) is 11.4 Å². The van der Waals surface area contributed by atoms with Crippen LogP contribution in [0.5, 0.6) is 0 Å². The fraction of sp³-hybridized carbons (Fsp3) is 0.333. The Morgan fingerprint density at radius 3 is 2.64 bits per heavy atom. The van der Waals surface area contributed by atoms with Gasteiger partial charge < -0.3 is 14.8 Å². The molecule has 2 N–H and O–H groups in total. The molecule has 0 spiro atoms. The summed E-state index contributed by atoms with van der Waals surface area (Å²) in [6, 6.07) is 12.5. The van der Waals surface area contributed by atoms with Gasteiger partial charge in [0.25, 0.3) is 0 Å². The maximum atomic E-state index is 12.6. The number of aryl methyl sites for hydroxylation is 1. The molecule has 2 heterocycles. The fourth-order valence-corrected chi connectivity index (χ4v) is 4.19. The zero-order chi connectivity index (χ0) is 25.9. The number of methoxy groups -OCH3 is 1. The van der Waals surface area contributed by atoms with Crippen LogP contribution in [0.1, 0.15) is 31.4 Å². The molecule has 1 aliphatic rings. The van der Waals surface area contributed by atoms with Crippen molar-refractivity contribution in [1.29, 1.82) is 5.26 Å². The maximum Gasteiger partial charge on any atom is 0.413 e. The minimum atomic E-state index is -0.883. The number of carbonyl (C=O) groups is 2. The van der Waals surface area contributed by atoms with E-state index < -0.39 is 17.8 Å². The maximum absolute atomic E-state index is 12.6. The summed E-state index contributed by atoms with van der Waals surface area (Å²) in [5.74, 6) is -0.221. The van der Waals surface area contributed by atoms with E-state index in [2.05, 4.69) is 32.0 Å². The van der Waals surface area contributed by atoms with Crippen LogP contribution >= 0.6 is 11.6 Å². The second-order valence-corrected chi connectivity index (χ2v) is 8.85. The second-order valence-electron chi connectivity index (χ2n) is 8.44. The normalized spacial score (nSPS) is 19.5. The van der Waals surface area contributed by atoms with Crippen molar-refractivity contribution in [2.24, 2.45) is 13.0 Å². The standard InChI is InChI=1S/C24H24ClN7O4/c1-14(17-6-4-5-7-18(17)25)36-23(34)29-21-20(30-31-32(21)2)19-9-8-16(12-27-19)28-22(33)15-10-24(11-15,13-26)35-3/h4-9,12,14-15H,10-11H2,1-3H3,(H,28,33)(H,29,34)/t14-,15?,24?/m1/s1. The first-order valence-electron chi connectivity index (χ1n) is 11.1. The number of halogens is 1. The molecule has 1 aromatic carbocycles. The van der Waals surface area contributed by atoms with Crippen LogP contribution < -0.4 is 10.6 Å². The molecule has 1 saturated carbocycles. The smallest absolute Gasteiger partial charge is 0.413 e. The third-order valence-corrected chi connectivity index (χ3v) is 6.41. The van der Waals surface area contributed by atoms with Gasteiger partial charge in [0.05, 0.1) is 23.6 Å². The number of ether oxygens (including phenoxy) is 2. The molecule has 0 unspecified atom stereocenters. The summed E-state index contributed by atoms with van der Waals surface area (Å²) in [6.45, 7) is 1.72. The zero-order valence-corrected chi connectivity index (χ0v) is 20.6. The number of nitrogens with zero attached hydrogens (tertiary/aromatic N) is 5. The predicted molar refractivity (Wildman–Crippen MR) is 131 cm³/mol. The van der Waals surface area contributed by atoms with Gasteiger partial charge in [0.2, 0.25) is 5.91 Å². The molecular formula is C24H24ClN7O4. The number of nitrogens with one attached hydrogen (secondary N) is 2. The van der Waals surface area contributed by atoms with Gasteiger partial charge in [-0.3, -0.25) is 15.1 Å². The number of nitriles is 1. The molecule has 0 aliphatic heterocycles. The van der Waals surface area contributed by atoms with Crippen molar-refractivity contribution in [3.63, 3.8) is 0 Å². The van der Waals surface area contributed by atoms with Crippen LogP contribution in [0.3, 0.4) is 0 Å². The SMILES string of the molecule is COC1(C#N)CC(C(=O)Nc2ccc(-c3nnn(C)c3NC(=O)O[C@H](C)c3ccccc3Cl)nc2)C1. The highest BCUT2D eigenvalue weighted by molar-refractivity contribution is 6.31. The average Bonchev–Trinajstić information content (AvgIpc) is 3.19. The topological polar surface area (TPSA) is 144 Å². The van der Waals surface area contributed by atoms with Crippen molar-refractivity contribution in [2.75, 3.05) is 17.7 Å². The number of amides is 2. The van der Waals surface area contributed by atoms with Gasteiger partial charge in [-0.05, 0) is 25.1 Å². The van der Waals surface area contributed by atoms with Crippen LogP contribution in [0.15, 0.2) is 42.6 Å². The van der Waals surface area contributed by atoms with Gasteiger partial charge in [-0.15, -0.1) is 5.10 Å². The summed E-state index contributed by atoms with van der Waals surface area (Å²) in [4.78, 5) is 29.4. The first kappa shape index (κ1) is 25.1. The van der Waals surface area contributed by atoms with Gasteiger partial charge in [-0.2, -0.15) is 5.26 Å². The minimum Gasteiger partial charge on any atom is -0.441 e. The number of carbonyl (C=O) groups excluding carboxylic acids is 2. The summed E-state index contributed by atoms with van der Waals surface area (Å²) >= 11 is 6.19. The molecule has 3 aromatic rings. The third kappa shape index (κ3) is 5.15. The summed E-state index contributed by atoms with van der Waals surface area (Å²) < 4.78 is 12.1. The van der Waals surface area contributed by atoms with Crippen molar-refractivity contribution in [3.05, 3.63) is 53.2 Å². The Hall–Kier alpha value is -4.01. The Balaban J connectivity index is 1.40. The predicted octanol–water partition coefficient (Wildman–Crippen LogP) is 4.10. The molecule has 1 aliphatic carbocycles. The zero-order valence-electron chi connectivity index (χ0n) is 19.9. The van der Waals surface area contributed by atoms with Crippen LogP contribution in [0.4, 0.5) is 16.3 Å². The molecule has 36 heavy (non-hydrogen) atoms. The molecule has 12 heteroatoms. The van der Waals surface area contributed by atoms with Crippen molar-refractivity contribution < 1.29 is 19.1 Å². The fourth-order valence-electron chi connectivity index (χ4n) is 3.90. The van der Waals surface area contributed by atoms with E-state index in [4.69, 9.17) is 21.1 Å². The Morgan fingerprint density at radius 2 is 2.00 bits per heavy atom. The Labute approximate surface area is 212 Å². The van der Waals surface area contributed by atoms with E-state index in [1.165, 1.54) is 18.0 Å². The number of hydrogen-bond acceptors (Lipinski definition) is 8. The number of rotatable bonds is 7. The van der Waals surface area contributed by atoms with E-state index in [-0.39, 0.29) is 17.6 Å². The number of aromatic nitrogens is 4. The van der Waals surface area contributed by atoms with Crippen molar-refractivity contribution in [1.82, 2.24) is 20.0 Å². The molecule has 0 bridgehead atoms. The first-order chi connectivity index (χ1) is 17.2. The first-order valence-corrected chi connectivity index (χ1v) is 11.5. The van der Waals surface area contributed by atoms with E-state index in [9.17, 15) is 14.9 Å². The molecule has 4 rings (SSSR count). The lowest BCUT2D eigenvalue weighted by atomic mass is 9.71. The van der Waals surface area contributed by atoms with Crippen LogP contribution in [0.2, 0.25) is 5.02 Å². The van der Waals surface area contributed by atoms with Crippen LogP contribution in [-0.4, -0.2) is 44.7 Å². The third-order valence-electron chi connectivity index (χ3n) is 6.07. The number of anilines is 2. The number of benzene rings is 1. The van der Waals surface area contributed by atoms with Crippen molar-refractivity contribution in [2.45, 2.75) is 31.5 Å². The van der Waals surface area contributed by atoms with Crippen molar-refractivity contribution >= 4 is 35.1 Å². The van der Waals surface area contributed by atoms with Gasteiger partial charge in [0.1, 0.15) is 6.10 Å². The van der Waals surface area contributed by atoms with Gasteiger partial charge in [-0.1, -0.05) is 35.0 Å². The number of hydrogen-bond donors (Lipinski definition) is 2.